The number of allylic oxidation sites excluding steroid dienone is 1. The summed E-state index contributed by atoms with van der Waals surface area (Å²) in [5.41, 5.74) is 6.14. The lowest BCUT2D eigenvalue weighted by Gasteiger charge is -2.10. The number of carbonyl (C=O) groups excluding carboxylic acids is 1. The van der Waals surface area contributed by atoms with Gasteiger partial charge in [0, 0.05) is 26.7 Å². The fraction of sp³-hybridized carbons (Fsp3) is 0. The molecule has 1 aromatic heterocycles. The second kappa shape index (κ2) is 10.4. The van der Waals surface area contributed by atoms with Crippen LogP contribution in [-0.2, 0) is 0 Å². The topological polar surface area (TPSA) is 42.9 Å². The van der Waals surface area contributed by atoms with Gasteiger partial charge < -0.3 is 0 Å². The van der Waals surface area contributed by atoms with Crippen LogP contribution >= 0.6 is 15.9 Å². The number of aromatic nitrogens is 2. The zero-order chi connectivity index (χ0) is 24.0. The molecule has 0 aliphatic heterocycles. The summed E-state index contributed by atoms with van der Waals surface area (Å²) in [4.78, 5) is 22.3. The van der Waals surface area contributed by atoms with Crippen LogP contribution in [0, 0.1) is 0 Å². The molecule has 0 aliphatic carbocycles. The maximum Gasteiger partial charge on any atom is 0.185 e. The number of benzene rings is 4. The van der Waals surface area contributed by atoms with Crippen molar-refractivity contribution in [3.63, 3.8) is 0 Å². The molecule has 168 valence electrons. The van der Waals surface area contributed by atoms with E-state index in [9.17, 15) is 4.79 Å². The SMILES string of the molecule is O=C(/C=C/c1cc(Br)cc(-c2cc(-c3ccccc3)nc(-c3ccccc3)n2)c1)c1ccccc1. The Labute approximate surface area is 213 Å². The number of hydrogen-bond donors (Lipinski definition) is 0. The summed E-state index contributed by atoms with van der Waals surface area (Å²) in [6.45, 7) is 0. The van der Waals surface area contributed by atoms with Gasteiger partial charge in [-0.05, 0) is 35.9 Å². The van der Waals surface area contributed by atoms with Gasteiger partial charge in [0.2, 0.25) is 0 Å². The number of carbonyl (C=O) groups is 1. The van der Waals surface area contributed by atoms with E-state index in [1.807, 2.05) is 121 Å². The molecule has 3 nitrogen and oxygen atoms in total. The van der Waals surface area contributed by atoms with Crippen molar-refractivity contribution < 1.29 is 4.79 Å². The summed E-state index contributed by atoms with van der Waals surface area (Å²) < 4.78 is 0.906. The summed E-state index contributed by atoms with van der Waals surface area (Å²) in [5, 5.41) is 0. The predicted octanol–water partition coefficient (Wildman–Crippen LogP) is 8.14. The predicted molar refractivity (Wildman–Crippen MR) is 146 cm³/mol. The monoisotopic (exact) mass is 516 g/mol. The van der Waals surface area contributed by atoms with E-state index in [0.29, 0.717) is 11.4 Å². The molecule has 0 bridgehead atoms. The van der Waals surface area contributed by atoms with Gasteiger partial charge >= 0.3 is 0 Å². The van der Waals surface area contributed by atoms with Gasteiger partial charge in [0.05, 0.1) is 11.4 Å². The Morgan fingerprint density at radius 3 is 1.86 bits per heavy atom. The van der Waals surface area contributed by atoms with Crippen LogP contribution < -0.4 is 0 Å². The molecule has 0 amide bonds. The third kappa shape index (κ3) is 5.51. The molecular formula is C31H21BrN2O. The van der Waals surface area contributed by atoms with E-state index in [1.54, 1.807) is 6.08 Å². The van der Waals surface area contributed by atoms with Crippen LogP contribution in [0.4, 0.5) is 0 Å². The molecule has 0 radical (unpaired) electrons. The second-order valence-electron chi connectivity index (χ2n) is 8.03. The van der Waals surface area contributed by atoms with Crippen LogP contribution in [0.25, 0.3) is 40.0 Å². The van der Waals surface area contributed by atoms with Crippen molar-refractivity contribution in [2.24, 2.45) is 0 Å². The van der Waals surface area contributed by atoms with Crippen molar-refractivity contribution >= 4 is 27.8 Å². The highest BCUT2D eigenvalue weighted by Gasteiger charge is 2.11. The molecule has 0 saturated carbocycles. The van der Waals surface area contributed by atoms with E-state index in [1.165, 1.54) is 0 Å². The van der Waals surface area contributed by atoms with Crippen LogP contribution in [0.2, 0.25) is 0 Å². The van der Waals surface area contributed by atoms with Crippen molar-refractivity contribution in [2.45, 2.75) is 0 Å². The third-order valence-corrected chi connectivity index (χ3v) is 5.99. The third-order valence-electron chi connectivity index (χ3n) is 5.53. The summed E-state index contributed by atoms with van der Waals surface area (Å²) in [7, 11) is 0. The molecule has 35 heavy (non-hydrogen) atoms. The molecule has 0 N–H and O–H groups in total. The van der Waals surface area contributed by atoms with E-state index in [4.69, 9.17) is 9.97 Å². The first-order chi connectivity index (χ1) is 17.2. The Bertz CT molecular complexity index is 1440. The van der Waals surface area contributed by atoms with Crippen molar-refractivity contribution in [2.75, 3.05) is 0 Å². The average molecular weight is 517 g/mol. The Kier molecular flexibility index (Phi) is 6.73. The summed E-state index contributed by atoms with van der Waals surface area (Å²) in [6, 6.07) is 37.4. The van der Waals surface area contributed by atoms with Crippen molar-refractivity contribution in [1.82, 2.24) is 9.97 Å². The first-order valence-electron chi connectivity index (χ1n) is 11.2. The second-order valence-corrected chi connectivity index (χ2v) is 8.95. The fourth-order valence-corrected chi connectivity index (χ4v) is 4.31. The quantitative estimate of drug-likeness (QED) is 0.169. The molecule has 0 atom stereocenters. The van der Waals surface area contributed by atoms with Gasteiger partial charge in [0.15, 0.2) is 11.6 Å². The molecule has 5 aromatic rings. The van der Waals surface area contributed by atoms with Gasteiger partial charge in [-0.15, -0.1) is 0 Å². The number of hydrogen-bond acceptors (Lipinski definition) is 3. The smallest absolute Gasteiger partial charge is 0.185 e. The highest BCUT2D eigenvalue weighted by Crippen LogP contribution is 2.30. The van der Waals surface area contributed by atoms with Gasteiger partial charge in [0.25, 0.3) is 0 Å². The van der Waals surface area contributed by atoms with E-state index in [-0.39, 0.29) is 5.78 Å². The van der Waals surface area contributed by atoms with Gasteiger partial charge in [-0.3, -0.25) is 4.79 Å². The maximum atomic E-state index is 12.5. The molecule has 0 unspecified atom stereocenters. The minimum Gasteiger partial charge on any atom is -0.289 e. The van der Waals surface area contributed by atoms with Crippen LogP contribution in [0.1, 0.15) is 15.9 Å². The first kappa shape index (κ1) is 22.6. The van der Waals surface area contributed by atoms with Crippen LogP contribution in [0.5, 0.6) is 0 Å². The normalized spacial score (nSPS) is 11.0. The lowest BCUT2D eigenvalue weighted by atomic mass is 10.0. The van der Waals surface area contributed by atoms with Crippen LogP contribution in [-0.4, -0.2) is 15.8 Å². The number of rotatable bonds is 6. The Balaban J connectivity index is 1.57. The minimum absolute atomic E-state index is 0.0353. The standard InChI is InChI=1S/C31H21BrN2O/c32-27-19-22(16-17-30(35)24-12-6-2-7-13-24)18-26(20-27)29-21-28(23-10-4-1-5-11-23)33-31(34-29)25-14-8-3-9-15-25/h1-21H/b17-16+. The molecule has 0 spiro atoms. The van der Waals surface area contributed by atoms with Gasteiger partial charge in [0.1, 0.15) is 0 Å². The molecule has 4 heteroatoms. The first-order valence-corrected chi connectivity index (χ1v) is 12.0. The van der Waals surface area contributed by atoms with Crippen molar-refractivity contribution in [3.8, 4) is 33.9 Å². The fourth-order valence-electron chi connectivity index (χ4n) is 3.80. The molecule has 0 fully saturated rings. The molecule has 5 rings (SSSR count). The van der Waals surface area contributed by atoms with E-state index in [0.717, 1.165) is 38.1 Å². The van der Waals surface area contributed by atoms with Gasteiger partial charge in [-0.2, -0.15) is 0 Å². The highest BCUT2D eigenvalue weighted by atomic mass is 79.9. The molecule has 1 heterocycles. The number of ketones is 1. The summed E-state index contributed by atoms with van der Waals surface area (Å²) >= 11 is 3.63. The average Bonchev–Trinajstić information content (AvgIpc) is 2.92. The highest BCUT2D eigenvalue weighted by molar-refractivity contribution is 9.10. The van der Waals surface area contributed by atoms with E-state index >= 15 is 0 Å². The summed E-state index contributed by atoms with van der Waals surface area (Å²) in [6.07, 6.45) is 3.44. The number of nitrogens with zero attached hydrogens (tertiary/aromatic N) is 2. The van der Waals surface area contributed by atoms with Crippen molar-refractivity contribution in [1.29, 1.82) is 0 Å². The summed E-state index contributed by atoms with van der Waals surface area (Å²) in [5.74, 6) is 0.630. The largest absolute Gasteiger partial charge is 0.289 e. The molecule has 0 aliphatic rings. The van der Waals surface area contributed by atoms with E-state index < -0.39 is 0 Å². The van der Waals surface area contributed by atoms with E-state index in [2.05, 4.69) is 15.9 Å². The zero-order valence-electron chi connectivity index (χ0n) is 18.8. The Hall–Kier alpha value is -4.15. The zero-order valence-corrected chi connectivity index (χ0v) is 20.4. The Morgan fingerprint density at radius 1 is 0.629 bits per heavy atom. The van der Waals surface area contributed by atoms with Gasteiger partial charge in [-0.25, -0.2) is 9.97 Å². The Morgan fingerprint density at radius 2 is 1.20 bits per heavy atom. The molecule has 0 saturated heterocycles. The maximum absolute atomic E-state index is 12.5. The number of halogens is 1. The minimum atomic E-state index is -0.0353. The van der Waals surface area contributed by atoms with Crippen LogP contribution in [0.3, 0.4) is 0 Å². The lowest BCUT2D eigenvalue weighted by Crippen LogP contribution is -1.96. The molecular weight excluding hydrogens is 496 g/mol. The van der Waals surface area contributed by atoms with Crippen molar-refractivity contribution in [3.05, 3.63) is 137 Å². The van der Waals surface area contributed by atoms with Crippen LogP contribution in [0.15, 0.2) is 126 Å². The van der Waals surface area contributed by atoms with Gasteiger partial charge in [-0.1, -0.05) is 113 Å². The molecule has 4 aromatic carbocycles. The lowest BCUT2D eigenvalue weighted by molar-refractivity contribution is 0.104.